The van der Waals surface area contributed by atoms with Gasteiger partial charge in [0.1, 0.15) is 11.5 Å². The van der Waals surface area contributed by atoms with E-state index >= 15 is 0 Å². The van der Waals surface area contributed by atoms with Gasteiger partial charge in [0.2, 0.25) is 0 Å². The first-order valence-electron chi connectivity index (χ1n) is 6.13. The van der Waals surface area contributed by atoms with Gasteiger partial charge in [-0.15, -0.1) is 0 Å². The lowest BCUT2D eigenvalue weighted by atomic mass is 10.00. The first kappa shape index (κ1) is 11.4. The maximum Gasteiger partial charge on any atom is 0.126 e. The number of ether oxygens (including phenoxy) is 1. The molecule has 1 aliphatic rings. The Morgan fingerprint density at radius 1 is 1.17 bits per heavy atom. The minimum atomic E-state index is -0.593. The summed E-state index contributed by atoms with van der Waals surface area (Å²) in [5.41, 5.74) is 0.208. The van der Waals surface area contributed by atoms with Gasteiger partial charge in [0.15, 0.2) is 0 Å². The van der Waals surface area contributed by atoms with Crippen molar-refractivity contribution in [1.29, 1.82) is 0 Å². The minimum Gasteiger partial charge on any atom is -0.507 e. The summed E-state index contributed by atoms with van der Waals surface area (Å²) < 4.78 is 5.28. The van der Waals surface area contributed by atoms with E-state index in [4.69, 9.17) is 4.74 Å². The molecule has 0 amide bonds. The first-order valence-corrected chi connectivity index (χ1v) is 6.13. The molecule has 0 bridgehead atoms. The molecule has 0 aliphatic heterocycles. The number of hydrogen-bond acceptors (Lipinski definition) is 3. The van der Waals surface area contributed by atoms with Crippen LogP contribution in [0.5, 0.6) is 11.5 Å². The molecule has 1 saturated carbocycles. The molecule has 0 radical (unpaired) electrons. The smallest absolute Gasteiger partial charge is 0.126 e. The SMILES string of the molecule is COc1cccc2c(O)c(CC3(O)CC3)ccc12. The van der Waals surface area contributed by atoms with Crippen LogP contribution < -0.4 is 4.74 Å². The number of rotatable bonds is 3. The zero-order valence-corrected chi connectivity index (χ0v) is 10.3. The van der Waals surface area contributed by atoms with Crippen molar-refractivity contribution in [3.8, 4) is 11.5 Å². The number of phenolic OH excluding ortho intramolecular Hbond substituents is 1. The molecule has 3 rings (SSSR count). The normalized spacial score (nSPS) is 16.8. The molecule has 0 spiro atoms. The van der Waals surface area contributed by atoms with Crippen molar-refractivity contribution in [1.82, 2.24) is 0 Å². The van der Waals surface area contributed by atoms with Crippen molar-refractivity contribution in [2.45, 2.75) is 24.9 Å². The summed E-state index contributed by atoms with van der Waals surface area (Å²) in [7, 11) is 1.62. The zero-order valence-electron chi connectivity index (χ0n) is 10.3. The summed E-state index contributed by atoms with van der Waals surface area (Å²) in [6.45, 7) is 0. The van der Waals surface area contributed by atoms with Crippen molar-refractivity contribution in [3.05, 3.63) is 35.9 Å². The molecule has 0 saturated heterocycles. The second-order valence-corrected chi connectivity index (χ2v) is 5.03. The Balaban J connectivity index is 2.11. The van der Waals surface area contributed by atoms with E-state index in [0.717, 1.165) is 34.9 Å². The largest absolute Gasteiger partial charge is 0.507 e. The predicted molar refractivity (Wildman–Crippen MR) is 70.1 cm³/mol. The molecule has 1 aliphatic carbocycles. The van der Waals surface area contributed by atoms with Crippen LogP contribution in [-0.4, -0.2) is 22.9 Å². The molecule has 1 fully saturated rings. The molecule has 0 heterocycles. The van der Waals surface area contributed by atoms with Gasteiger partial charge in [0.25, 0.3) is 0 Å². The predicted octanol–water partition coefficient (Wildman–Crippen LogP) is 2.62. The van der Waals surface area contributed by atoms with Gasteiger partial charge < -0.3 is 14.9 Å². The van der Waals surface area contributed by atoms with Gasteiger partial charge in [-0.1, -0.05) is 24.3 Å². The zero-order chi connectivity index (χ0) is 12.8. The molecule has 3 heteroatoms. The van der Waals surface area contributed by atoms with E-state index in [-0.39, 0.29) is 5.75 Å². The van der Waals surface area contributed by atoms with E-state index in [2.05, 4.69) is 0 Å². The van der Waals surface area contributed by atoms with Crippen LogP contribution in [0.15, 0.2) is 30.3 Å². The lowest BCUT2D eigenvalue weighted by Crippen LogP contribution is -2.10. The number of phenols is 1. The van der Waals surface area contributed by atoms with Crippen molar-refractivity contribution in [2.24, 2.45) is 0 Å². The number of aliphatic hydroxyl groups is 1. The molecule has 0 atom stereocenters. The van der Waals surface area contributed by atoms with E-state index < -0.39 is 5.60 Å². The molecule has 2 aromatic carbocycles. The third-order valence-electron chi connectivity index (χ3n) is 3.64. The highest BCUT2D eigenvalue weighted by Crippen LogP contribution is 2.42. The molecule has 0 aromatic heterocycles. The fraction of sp³-hybridized carbons (Fsp3) is 0.333. The highest BCUT2D eigenvalue weighted by molar-refractivity contribution is 5.93. The molecule has 2 aromatic rings. The quantitative estimate of drug-likeness (QED) is 0.872. The fourth-order valence-corrected chi connectivity index (χ4v) is 2.35. The van der Waals surface area contributed by atoms with Crippen LogP contribution in [0.2, 0.25) is 0 Å². The average Bonchev–Trinajstić information content (AvgIpc) is 3.10. The monoisotopic (exact) mass is 244 g/mol. The summed E-state index contributed by atoms with van der Waals surface area (Å²) in [5.74, 6) is 1.01. The molecular formula is C15H16O3. The Labute approximate surface area is 106 Å². The third-order valence-corrected chi connectivity index (χ3v) is 3.64. The van der Waals surface area contributed by atoms with Gasteiger partial charge in [0.05, 0.1) is 12.7 Å². The minimum absolute atomic E-state index is 0.256. The summed E-state index contributed by atoms with van der Waals surface area (Å²) >= 11 is 0. The summed E-state index contributed by atoms with van der Waals surface area (Å²) in [6.07, 6.45) is 2.16. The number of methoxy groups -OCH3 is 1. The Kier molecular flexibility index (Phi) is 2.45. The van der Waals surface area contributed by atoms with Crippen molar-refractivity contribution in [2.75, 3.05) is 7.11 Å². The van der Waals surface area contributed by atoms with Crippen molar-refractivity contribution in [3.63, 3.8) is 0 Å². The van der Waals surface area contributed by atoms with Gasteiger partial charge in [-0.05, 0) is 24.5 Å². The summed E-state index contributed by atoms with van der Waals surface area (Å²) in [5, 5.41) is 21.9. The number of hydrogen-bond donors (Lipinski definition) is 2. The Morgan fingerprint density at radius 2 is 1.94 bits per heavy atom. The summed E-state index contributed by atoms with van der Waals surface area (Å²) in [4.78, 5) is 0. The highest BCUT2D eigenvalue weighted by atomic mass is 16.5. The van der Waals surface area contributed by atoms with E-state index in [1.165, 1.54) is 0 Å². The lowest BCUT2D eigenvalue weighted by molar-refractivity contribution is 0.150. The molecule has 94 valence electrons. The Bertz CT molecular complexity index is 600. The van der Waals surface area contributed by atoms with Crippen LogP contribution in [0.1, 0.15) is 18.4 Å². The van der Waals surface area contributed by atoms with E-state index in [1.54, 1.807) is 7.11 Å². The van der Waals surface area contributed by atoms with Crippen molar-refractivity contribution < 1.29 is 14.9 Å². The van der Waals surface area contributed by atoms with Gasteiger partial charge in [-0.25, -0.2) is 0 Å². The number of aromatic hydroxyl groups is 1. The van der Waals surface area contributed by atoms with E-state index in [0.29, 0.717) is 6.42 Å². The Hall–Kier alpha value is -1.74. The third kappa shape index (κ3) is 1.81. The van der Waals surface area contributed by atoms with Crippen LogP contribution in [0, 0.1) is 0 Å². The fourth-order valence-electron chi connectivity index (χ4n) is 2.35. The van der Waals surface area contributed by atoms with E-state index in [1.807, 2.05) is 30.3 Å². The molecule has 0 unspecified atom stereocenters. The molecule has 18 heavy (non-hydrogen) atoms. The number of benzene rings is 2. The van der Waals surface area contributed by atoms with Crippen LogP contribution in [0.25, 0.3) is 10.8 Å². The second-order valence-electron chi connectivity index (χ2n) is 5.03. The highest BCUT2D eigenvalue weighted by Gasteiger charge is 2.40. The molecule has 2 N–H and O–H groups in total. The topological polar surface area (TPSA) is 49.7 Å². The first-order chi connectivity index (χ1) is 8.63. The summed E-state index contributed by atoms with van der Waals surface area (Å²) in [6, 6.07) is 9.41. The van der Waals surface area contributed by atoms with Crippen LogP contribution >= 0.6 is 0 Å². The van der Waals surface area contributed by atoms with Crippen LogP contribution in [-0.2, 0) is 6.42 Å². The van der Waals surface area contributed by atoms with Gasteiger partial charge in [-0.2, -0.15) is 0 Å². The second kappa shape index (κ2) is 3.89. The molecule has 3 nitrogen and oxygen atoms in total. The average molecular weight is 244 g/mol. The lowest BCUT2D eigenvalue weighted by Gasteiger charge is -2.13. The standard InChI is InChI=1S/C15H16O3/c1-18-13-4-2-3-12-11(13)6-5-10(14(12)16)9-15(17)7-8-15/h2-6,16-17H,7-9H2,1H3. The van der Waals surface area contributed by atoms with Gasteiger partial charge in [0, 0.05) is 17.2 Å². The molecular weight excluding hydrogens is 228 g/mol. The van der Waals surface area contributed by atoms with Crippen LogP contribution in [0.3, 0.4) is 0 Å². The van der Waals surface area contributed by atoms with Crippen molar-refractivity contribution >= 4 is 10.8 Å². The van der Waals surface area contributed by atoms with Gasteiger partial charge >= 0.3 is 0 Å². The maximum atomic E-state index is 10.3. The van der Waals surface area contributed by atoms with Gasteiger partial charge in [-0.3, -0.25) is 0 Å². The maximum absolute atomic E-state index is 10.3. The number of fused-ring (bicyclic) bond motifs is 1. The van der Waals surface area contributed by atoms with E-state index in [9.17, 15) is 10.2 Å². The van der Waals surface area contributed by atoms with Crippen LogP contribution in [0.4, 0.5) is 0 Å². The Morgan fingerprint density at radius 3 is 2.61 bits per heavy atom.